The zero-order valence-electron chi connectivity index (χ0n) is 6.76. The van der Waals surface area contributed by atoms with Gasteiger partial charge in [0.15, 0.2) is 11.6 Å². The summed E-state index contributed by atoms with van der Waals surface area (Å²) in [4.78, 5) is 15.0. The Balaban J connectivity index is 2.37. The number of hydrogen-bond donors (Lipinski definition) is 0. The van der Waals surface area contributed by atoms with Crippen LogP contribution in [-0.2, 0) is 0 Å². The van der Waals surface area contributed by atoms with Gasteiger partial charge in [-0.05, 0) is 18.9 Å². The third-order valence-electron chi connectivity index (χ3n) is 2.04. The van der Waals surface area contributed by atoms with Gasteiger partial charge in [0.1, 0.15) is 5.15 Å². The van der Waals surface area contributed by atoms with E-state index < -0.39 is 5.82 Å². The van der Waals surface area contributed by atoms with Crippen molar-refractivity contribution in [3.8, 4) is 0 Å². The second-order valence-electron chi connectivity index (χ2n) is 3.13. The Bertz CT molecular complexity index is 363. The Labute approximate surface area is 79.7 Å². The zero-order valence-corrected chi connectivity index (χ0v) is 7.51. The molecule has 0 N–H and O–H groups in total. The highest BCUT2D eigenvalue weighted by Crippen LogP contribution is 2.33. The lowest BCUT2D eigenvalue weighted by Crippen LogP contribution is -2.04. The lowest BCUT2D eigenvalue weighted by atomic mass is 10.1. The van der Waals surface area contributed by atoms with Crippen LogP contribution in [0.3, 0.4) is 0 Å². The molecule has 0 aromatic carbocycles. The molecule has 1 aromatic rings. The number of hydrogen-bond acceptors (Lipinski definition) is 2. The minimum absolute atomic E-state index is 0.00738. The van der Waals surface area contributed by atoms with E-state index in [-0.39, 0.29) is 22.4 Å². The van der Waals surface area contributed by atoms with Crippen LogP contribution in [-0.4, -0.2) is 10.8 Å². The molecular weight excluding hydrogens is 193 g/mol. The lowest BCUT2D eigenvalue weighted by molar-refractivity contribution is 0.0963. The Kier molecular flexibility index (Phi) is 2.04. The first-order chi connectivity index (χ1) is 6.18. The summed E-state index contributed by atoms with van der Waals surface area (Å²) in [5.41, 5.74) is 0.0718. The molecule has 0 bridgehead atoms. The minimum Gasteiger partial charge on any atom is -0.294 e. The molecular formula is C9H7ClFNO. The van der Waals surface area contributed by atoms with Crippen molar-refractivity contribution in [2.45, 2.75) is 12.8 Å². The molecule has 1 fully saturated rings. The van der Waals surface area contributed by atoms with E-state index in [1.165, 1.54) is 6.07 Å². The van der Waals surface area contributed by atoms with Gasteiger partial charge in [0.25, 0.3) is 0 Å². The molecule has 1 aliphatic rings. The first-order valence-corrected chi connectivity index (χ1v) is 4.41. The van der Waals surface area contributed by atoms with Crippen LogP contribution in [0.2, 0.25) is 5.15 Å². The Morgan fingerprint density at radius 2 is 2.31 bits per heavy atom. The van der Waals surface area contributed by atoms with Gasteiger partial charge in [-0.3, -0.25) is 4.79 Å². The van der Waals surface area contributed by atoms with Crippen LogP contribution < -0.4 is 0 Å². The Morgan fingerprint density at radius 1 is 1.62 bits per heavy atom. The van der Waals surface area contributed by atoms with Crippen LogP contribution >= 0.6 is 11.6 Å². The number of nitrogens with zero attached hydrogens (tertiary/aromatic N) is 1. The standard InChI is InChI=1S/C9H7ClFNO/c10-8-3-6(7(11)4-12-8)9(13)5-1-2-5/h3-5H,1-2H2. The van der Waals surface area contributed by atoms with E-state index >= 15 is 0 Å². The van der Waals surface area contributed by atoms with Gasteiger partial charge in [-0.2, -0.15) is 0 Å². The van der Waals surface area contributed by atoms with Crippen LogP contribution in [0, 0.1) is 11.7 Å². The maximum absolute atomic E-state index is 13.1. The number of Topliss-reactive ketones (excluding diaryl/α,β-unsaturated/α-hetero) is 1. The molecule has 2 rings (SSSR count). The molecule has 1 heterocycles. The van der Waals surface area contributed by atoms with Crippen molar-refractivity contribution >= 4 is 17.4 Å². The summed E-state index contributed by atoms with van der Waals surface area (Å²) in [5.74, 6) is -0.726. The average molecular weight is 200 g/mol. The predicted molar refractivity (Wildman–Crippen MR) is 46.3 cm³/mol. The largest absolute Gasteiger partial charge is 0.294 e. The SMILES string of the molecule is O=C(c1cc(Cl)ncc1F)C1CC1. The maximum Gasteiger partial charge on any atom is 0.169 e. The fraction of sp³-hybridized carbons (Fsp3) is 0.333. The summed E-state index contributed by atoms with van der Waals surface area (Å²) in [6, 6.07) is 1.29. The van der Waals surface area contributed by atoms with Gasteiger partial charge in [0.2, 0.25) is 0 Å². The lowest BCUT2D eigenvalue weighted by Gasteiger charge is -2.00. The smallest absolute Gasteiger partial charge is 0.169 e. The number of pyridine rings is 1. The fourth-order valence-corrected chi connectivity index (χ4v) is 1.33. The molecule has 4 heteroatoms. The third-order valence-corrected chi connectivity index (χ3v) is 2.24. The molecule has 68 valence electrons. The molecule has 2 nitrogen and oxygen atoms in total. The molecule has 1 aliphatic carbocycles. The van der Waals surface area contributed by atoms with Crippen LogP contribution in [0.15, 0.2) is 12.3 Å². The molecule has 0 saturated heterocycles. The summed E-state index contributed by atoms with van der Waals surface area (Å²) >= 11 is 5.56. The minimum atomic E-state index is -0.582. The third kappa shape index (κ3) is 1.70. The fourth-order valence-electron chi connectivity index (χ4n) is 1.17. The molecule has 0 unspecified atom stereocenters. The van der Waals surface area contributed by atoms with Crippen molar-refractivity contribution in [3.63, 3.8) is 0 Å². The van der Waals surface area contributed by atoms with E-state index in [0.29, 0.717) is 0 Å². The number of halogens is 2. The number of rotatable bonds is 2. The Hall–Kier alpha value is -0.960. The van der Waals surface area contributed by atoms with E-state index in [1.807, 2.05) is 0 Å². The van der Waals surface area contributed by atoms with Crippen LogP contribution in [0.25, 0.3) is 0 Å². The van der Waals surface area contributed by atoms with Gasteiger partial charge in [-0.15, -0.1) is 0 Å². The van der Waals surface area contributed by atoms with Crippen molar-refractivity contribution in [1.82, 2.24) is 4.98 Å². The normalized spacial score (nSPS) is 15.8. The first kappa shape index (κ1) is 8.63. The first-order valence-electron chi connectivity index (χ1n) is 4.04. The van der Waals surface area contributed by atoms with E-state index in [9.17, 15) is 9.18 Å². The topological polar surface area (TPSA) is 30.0 Å². The Morgan fingerprint density at radius 3 is 2.92 bits per heavy atom. The second-order valence-corrected chi connectivity index (χ2v) is 3.51. The summed E-state index contributed by atoms with van der Waals surface area (Å²) in [7, 11) is 0. The summed E-state index contributed by atoms with van der Waals surface area (Å²) < 4.78 is 13.1. The van der Waals surface area contributed by atoms with Crippen molar-refractivity contribution in [3.05, 3.63) is 28.8 Å². The second kappa shape index (κ2) is 3.07. The average Bonchev–Trinajstić information content (AvgIpc) is 2.91. The van der Waals surface area contributed by atoms with Crippen molar-refractivity contribution in [2.75, 3.05) is 0 Å². The molecule has 0 atom stereocenters. The van der Waals surface area contributed by atoms with Crippen molar-refractivity contribution < 1.29 is 9.18 Å². The van der Waals surface area contributed by atoms with Crippen molar-refractivity contribution in [1.29, 1.82) is 0 Å². The molecule has 0 amide bonds. The van der Waals surface area contributed by atoms with E-state index in [2.05, 4.69) is 4.98 Å². The van der Waals surface area contributed by atoms with Crippen molar-refractivity contribution in [2.24, 2.45) is 5.92 Å². The van der Waals surface area contributed by atoms with Gasteiger partial charge < -0.3 is 0 Å². The zero-order chi connectivity index (χ0) is 9.42. The quantitative estimate of drug-likeness (QED) is 0.541. The van der Waals surface area contributed by atoms with Gasteiger partial charge >= 0.3 is 0 Å². The van der Waals surface area contributed by atoms with E-state index in [1.54, 1.807) is 0 Å². The molecule has 1 saturated carbocycles. The molecule has 0 spiro atoms. The van der Waals surface area contributed by atoms with E-state index in [0.717, 1.165) is 19.0 Å². The molecule has 0 radical (unpaired) electrons. The molecule has 0 aliphatic heterocycles. The number of carbonyl (C=O) groups excluding carboxylic acids is 1. The van der Waals surface area contributed by atoms with E-state index in [4.69, 9.17) is 11.6 Å². The monoisotopic (exact) mass is 199 g/mol. The van der Waals surface area contributed by atoms with Gasteiger partial charge in [-0.25, -0.2) is 9.37 Å². The van der Waals surface area contributed by atoms with Crippen LogP contribution in [0.5, 0.6) is 0 Å². The summed E-state index contributed by atoms with van der Waals surface area (Å²) in [6.07, 6.45) is 2.70. The molecule has 13 heavy (non-hydrogen) atoms. The molecule has 1 aromatic heterocycles. The number of carbonyl (C=O) groups is 1. The van der Waals surface area contributed by atoms with Crippen LogP contribution in [0.1, 0.15) is 23.2 Å². The van der Waals surface area contributed by atoms with Gasteiger partial charge in [0.05, 0.1) is 11.8 Å². The number of aromatic nitrogens is 1. The predicted octanol–water partition coefficient (Wildman–Crippen LogP) is 2.47. The van der Waals surface area contributed by atoms with Gasteiger partial charge in [0, 0.05) is 5.92 Å². The van der Waals surface area contributed by atoms with Crippen LogP contribution in [0.4, 0.5) is 4.39 Å². The maximum atomic E-state index is 13.1. The highest BCUT2D eigenvalue weighted by Gasteiger charge is 2.32. The summed E-state index contributed by atoms with van der Waals surface area (Å²) in [5, 5.41) is 0.158. The number of ketones is 1. The highest BCUT2D eigenvalue weighted by molar-refractivity contribution is 6.29. The van der Waals surface area contributed by atoms with Gasteiger partial charge in [-0.1, -0.05) is 11.6 Å². The summed E-state index contributed by atoms with van der Waals surface area (Å²) in [6.45, 7) is 0. The highest BCUT2D eigenvalue weighted by atomic mass is 35.5.